The van der Waals surface area contributed by atoms with E-state index in [4.69, 9.17) is 4.74 Å². The van der Waals surface area contributed by atoms with E-state index in [9.17, 15) is 5.11 Å². The van der Waals surface area contributed by atoms with Gasteiger partial charge in [0.05, 0.1) is 42.5 Å². The Morgan fingerprint density at radius 2 is 1.68 bits per heavy atom. The molecule has 1 aromatic carbocycles. The molecule has 3 heterocycles. The SMILES string of the molecule is Oc1ccc(C=NC(COCc2ccc(-c3ccccn3)nc2)c2ccccc2)nc1. The predicted octanol–water partition coefficient (Wildman–Crippen LogP) is 4.62. The van der Waals surface area contributed by atoms with Crippen LogP contribution in [0.1, 0.15) is 22.9 Å². The van der Waals surface area contributed by atoms with Crippen LogP contribution in [0.15, 0.2) is 96.4 Å². The third kappa shape index (κ3) is 5.81. The molecule has 0 spiro atoms. The fourth-order valence-corrected chi connectivity index (χ4v) is 3.00. The molecule has 31 heavy (non-hydrogen) atoms. The molecule has 0 radical (unpaired) electrons. The summed E-state index contributed by atoms with van der Waals surface area (Å²) in [6.07, 6.45) is 6.66. The number of hydrogen-bond acceptors (Lipinski definition) is 6. The Hall–Kier alpha value is -3.90. The van der Waals surface area contributed by atoms with Gasteiger partial charge in [-0.2, -0.15) is 0 Å². The van der Waals surface area contributed by atoms with Crippen LogP contribution in [0.4, 0.5) is 0 Å². The van der Waals surface area contributed by atoms with Gasteiger partial charge < -0.3 is 9.84 Å². The summed E-state index contributed by atoms with van der Waals surface area (Å²) in [5, 5.41) is 9.38. The van der Waals surface area contributed by atoms with Gasteiger partial charge in [-0.25, -0.2) is 0 Å². The average Bonchev–Trinajstić information content (AvgIpc) is 2.84. The minimum absolute atomic E-state index is 0.128. The van der Waals surface area contributed by atoms with Crippen molar-refractivity contribution in [1.29, 1.82) is 0 Å². The number of rotatable bonds is 8. The van der Waals surface area contributed by atoms with E-state index in [1.165, 1.54) is 6.20 Å². The number of aromatic nitrogens is 3. The fourth-order valence-electron chi connectivity index (χ4n) is 3.00. The second-order valence-electron chi connectivity index (χ2n) is 6.93. The molecule has 6 heteroatoms. The van der Waals surface area contributed by atoms with Gasteiger partial charge >= 0.3 is 0 Å². The summed E-state index contributed by atoms with van der Waals surface area (Å²) in [4.78, 5) is 17.6. The molecule has 0 fully saturated rings. The van der Waals surface area contributed by atoms with Crippen LogP contribution in [0, 0.1) is 0 Å². The van der Waals surface area contributed by atoms with Gasteiger partial charge in [0.15, 0.2) is 0 Å². The Balaban J connectivity index is 1.40. The summed E-state index contributed by atoms with van der Waals surface area (Å²) in [6.45, 7) is 0.854. The molecule has 1 N–H and O–H groups in total. The first-order valence-electron chi connectivity index (χ1n) is 9.95. The van der Waals surface area contributed by atoms with Crippen molar-refractivity contribution >= 4 is 6.21 Å². The van der Waals surface area contributed by atoms with Gasteiger partial charge in [-0.3, -0.25) is 19.9 Å². The highest BCUT2D eigenvalue weighted by Crippen LogP contribution is 2.19. The number of benzene rings is 1. The largest absolute Gasteiger partial charge is 0.506 e. The van der Waals surface area contributed by atoms with Crippen LogP contribution in [0.25, 0.3) is 11.4 Å². The standard InChI is InChI=1S/C25H22N4O2/c30-22-11-10-21(27-16-22)15-29-25(20-6-2-1-3-7-20)18-31-17-19-9-12-24(28-14-19)23-8-4-5-13-26-23/h1-16,25,30H,17-18H2. The first kappa shape index (κ1) is 20.4. The van der Waals surface area contributed by atoms with Crippen molar-refractivity contribution in [3.8, 4) is 17.1 Å². The third-order valence-electron chi connectivity index (χ3n) is 4.64. The monoisotopic (exact) mass is 410 g/mol. The third-order valence-corrected chi connectivity index (χ3v) is 4.64. The molecular formula is C25H22N4O2. The van der Waals surface area contributed by atoms with E-state index in [0.717, 1.165) is 22.5 Å². The van der Waals surface area contributed by atoms with Gasteiger partial charge in [0.25, 0.3) is 0 Å². The molecule has 154 valence electrons. The first-order chi connectivity index (χ1) is 15.3. The van der Waals surface area contributed by atoms with Crippen molar-refractivity contribution in [2.24, 2.45) is 4.99 Å². The Bertz CT molecular complexity index is 1100. The van der Waals surface area contributed by atoms with E-state index < -0.39 is 0 Å². The second-order valence-corrected chi connectivity index (χ2v) is 6.93. The lowest BCUT2D eigenvalue weighted by molar-refractivity contribution is 0.108. The number of hydrogen-bond donors (Lipinski definition) is 1. The predicted molar refractivity (Wildman–Crippen MR) is 120 cm³/mol. The highest BCUT2D eigenvalue weighted by atomic mass is 16.5. The summed E-state index contributed by atoms with van der Waals surface area (Å²) < 4.78 is 5.96. The molecule has 4 aromatic rings. The molecule has 0 bridgehead atoms. The maximum Gasteiger partial charge on any atom is 0.133 e. The van der Waals surface area contributed by atoms with Crippen molar-refractivity contribution in [2.75, 3.05) is 6.61 Å². The molecule has 0 aliphatic heterocycles. The highest BCUT2D eigenvalue weighted by molar-refractivity contribution is 5.77. The van der Waals surface area contributed by atoms with Crippen molar-refractivity contribution in [2.45, 2.75) is 12.6 Å². The van der Waals surface area contributed by atoms with E-state index in [-0.39, 0.29) is 11.8 Å². The van der Waals surface area contributed by atoms with Crippen LogP contribution in [0.5, 0.6) is 5.75 Å². The van der Waals surface area contributed by atoms with Gasteiger partial charge in [0.1, 0.15) is 5.75 Å². The van der Waals surface area contributed by atoms with E-state index in [2.05, 4.69) is 19.9 Å². The molecule has 4 rings (SSSR count). The smallest absolute Gasteiger partial charge is 0.133 e. The minimum atomic E-state index is -0.169. The van der Waals surface area contributed by atoms with Gasteiger partial charge in [-0.15, -0.1) is 0 Å². The Morgan fingerprint density at radius 1 is 0.839 bits per heavy atom. The number of pyridine rings is 3. The summed E-state index contributed by atoms with van der Waals surface area (Å²) in [5.41, 5.74) is 4.39. The zero-order valence-corrected chi connectivity index (χ0v) is 16.9. The number of nitrogens with zero attached hydrogens (tertiary/aromatic N) is 4. The maximum absolute atomic E-state index is 9.38. The molecule has 0 saturated heterocycles. The minimum Gasteiger partial charge on any atom is -0.506 e. The summed E-state index contributed by atoms with van der Waals surface area (Å²) >= 11 is 0. The normalized spacial score (nSPS) is 12.1. The van der Waals surface area contributed by atoms with Crippen LogP contribution < -0.4 is 0 Å². The Morgan fingerprint density at radius 3 is 2.39 bits per heavy atom. The molecule has 0 amide bonds. The summed E-state index contributed by atoms with van der Waals surface area (Å²) in [5.74, 6) is 0.128. The van der Waals surface area contributed by atoms with Gasteiger partial charge in [0.2, 0.25) is 0 Å². The van der Waals surface area contributed by atoms with E-state index in [1.54, 1.807) is 24.5 Å². The highest BCUT2D eigenvalue weighted by Gasteiger charge is 2.10. The molecule has 1 unspecified atom stereocenters. The van der Waals surface area contributed by atoms with E-state index in [1.807, 2.05) is 66.9 Å². The van der Waals surface area contributed by atoms with Crippen molar-refractivity contribution < 1.29 is 9.84 Å². The van der Waals surface area contributed by atoms with Gasteiger partial charge in [0, 0.05) is 18.6 Å². The van der Waals surface area contributed by atoms with Crippen LogP contribution >= 0.6 is 0 Å². The number of ether oxygens (including phenoxy) is 1. The lowest BCUT2D eigenvalue weighted by atomic mass is 10.1. The number of aliphatic imine (C=N–C) groups is 1. The molecule has 0 aliphatic carbocycles. The van der Waals surface area contributed by atoms with Crippen LogP contribution in [-0.4, -0.2) is 32.9 Å². The lowest BCUT2D eigenvalue weighted by Crippen LogP contribution is -2.07. The van der Waals surface area contributed by atoms with Crippen LogP contribution in [0.2, 0.25) is 0 Å². The Labute approximate surface area is 181 Å². The second kappa shape index (κ2) is 10.2. The van der Waals surface area contributed by atoms with E-state index in [0.29, 0.717) is 18.9 Å². The quantitative estimate of drug-likeness (QED) is 0.429. The van der Waals surface area contributed by atoms with Gasteiger partial charge in [-0.05, 0) is 41.5 Å². The van der Waals surface area contributed by atoms with Crippen LogP contribution in [0.3, 0.4) is 0 Å². The van der Waals surface area contributed by atoms with Crippen molar-refractivity contribution in [3.63, 3.8) is 0 Å². The molecule has 0 aliphatic rings. The summed E-state index contributed by atoms with van der Waals surface area (Å²) in [6, 6.07) is 22.8. The van der Waals surface area contributed by atoms with Crippen molar-refractivity contribution in [3.05, 3.63) is 108 Å². The summed E-state index contributed by atoms with van der Waals surface area (Å²) in [7, 11) is 0. The molecule has 6 nitrogen and oxygen atoms in total. The molecular weight excluding hydrogens is 388 g/mol. The lowest BCUT2D eigenvalue weighted by Gasteiger charge is -2.13. The molecule has 1 atom stereocenters. The number of aromatic hydroxyl groups is 1. The van der Waals surface area contributed by atoms with Crippen LogP contribution in [-0.2, 0) is 11.3 Å². The average molecular weight is 410 g/mol. The molecule has 0 saturated carbocycles. The Kier molecular flexibility index (Phi) is 6.72. The first-order valence-corrected chi connectivity index (χ1v) is 9.95. The maximum atomic E-state index is 9.38. The molecule has 3 aromatic heterocycles. The topological polar surface area (TPSA) is 80.5 Å². The van der Waals surface area contributed by atoms with E-state index >= 15 is 0 Å². The van der Waals surface area contributed by atoms with Gasteiger partial charge in [-0.1, -0.05) is 42.5 Å². The fraction of sp³-hybridized carbons (Fsp3) is 0.120. The zero-order valence-electron chi connectivity index (χ0n) is 16.9. The van der Waals surface area contributed by atoms with Crippen molar-refractivity contribution in [1.82, 2.24) is 15.0 Å². The zero-order chi connectivity index (χ0) is 21.3.